The lowest BCUT2D eigenvalue weighted by molar-refractivity contribution is -0.117. The van der Waals surface area contributed by atoms with Crippen molar-refractivity contribution in [3.63, 3.8) is 0 Å². The van der Waals surface area contributed by atoms with Gasteiger partial charge in [-0.2, -0.15) is 0 Å². The average Bonchev–Trinajstić information content (AvgIpc) is 2.45. The molecule has 0 aromatic heterocycles. The van der Waals surface area contributed by atoms with Gasteiger partial charge in [-0.15, -0.1) is 0 Å². The van der Waals surface area contributed by atoms with Crippen LogP contribution in [0.5, 0.6) is 0 Å². The summed E-state index contributed by atoms with van der Waals surface area (Å²) in [5, 5.41) is 3.10. The molecule has 1 unspecified atom stereocenters. The molecule has 0 heterocycles. The van der Waals surface area contributed by atoms with Crippen molar-refractivity contribution in [3.05, 3.63) is 64.7 Å². The van der Waals surface area contributed by atoms with Crippen molar-refractivity contribution in [2.75, 3.05) is 5.32 Å². The summed E-state index contributed by atoms with van der Waals surface area (Å²) in [6.45, 7) is 4.11. The van der Waals surface area contributed by atoms with E-state index in [0.29, 0.717) is 0 Å². The van der Waals surface area contributed by atoms with Gasteiger partial charge in [-0.25, -0.2) is 0 Å². The number of amides is 1. The van der Waals surface area contributed by atoms with E-state index in [0.717, 1.165) is 24.9 Å². The Kier molecular flexibility index (Phi) is 3.78. The number of hydrogen-bond donors (Lipinski definition) is 1. The first-order valence-electron chi connectivity index (χ1n) is 7.60. The summed E-state index contributed by atoms with van der Waals surface area (Å²) in [6.07, 6.45) is 3.11. The van der Waals surface area contributed by atoms with Crippen LogP contribution in [0.4, 0.5) is 5.69 Å². The third-order valence-electron chi connectivity index (χ3n) is 4.18. The number of anilines is 1. The minimum absolute atomic E-state index is 0.0178. The Morgan fingerprint density at radius 2 is 1.81 bits per heavy atom. The summed E-state index contributed by atoms with van der Waals surface area (Å²) in [5.41, 5.74) is 5.78. The van der Waals surface area contributed by atoms with Crippen molar-refractivity contribution < 1.29 is 4.79 Å². The highest BCUT2D eigenvalue weighted by Gasteiger charge is 2.26. The molecule has 0 fully saturated rings. The molecule has 2 nitrogen and oxygen atoms in total. The molecule has 0 aliphatic heterocycles. The third-order valence-corrected chi connectivity index (χ3v) is 4.18. The fourth-order valence-electron chi connectivity index (χ4n) is 3.30. The predicted octanol–water partition coefficient (Wildman–Crippen LogP) is 4.36. The normalized spacial score (nSPS) is 17.1. The molecular weight excluding hydrogens is 258 g/mol. The highest BCUT2D eigenvalue weighted by Crippen LogP contribution is 2.32. The second-order valence-electron chi connectivity index (χ2n) is 6.01. The van der Waals surface area contributed by atoms with Crippen LogP contribution in [0.2, 0.25) is 0 Å². The largest absolute Gasteiger partial charge is 0.326 e. The minimum atomic E-state index is -0.0178. The summed E-state index contributed by atoms with van der Waals surface area (Å²) in [4.78, 5) is 12.6. The van der Waals surface area contributed by atoms with Gasteiger partial charge in [0.2, 0.25) is 5.91 Å². The molecule has 2 aromatic rings. The molecule has 0 radical (unpaired) electrons. The maximum atomic E-state index is 12.6. The highest BCUT2D eigenvalue weighted by molar-refractivity contribution is 5.96. The number of fused-ring (bicyclic) bond motifs is 1. The van der Waals surface area contributed by atoms with Gasteiger partial charge in [0, 0.05) is 5.69 Å². The maximum Gasteiger partial charge on any atom is 0.231 e. The molecule has 2 heteroatoms. The monoisotopic (exact) mass is 279 g/mol. The van der Waals surface area contributed by atoms with Crippen molar-refractivity contribution in [3.8, 4) is 0 Å². The van der Waals surface area contributed by atoms with E-state index in [4.69, 9.17) is 0 Å². The minimum Gasteiger partial charge on any atom is -0.326 e. The summed E-state index contributed by atoms with van der Waals surface area (Å²) in [5.74, 6) is 0.0999. The van der Waals surface area contributed by atoms with Gasteiger partial charge in [0.05, 0.1) is 5.92 Å². The van der Waals surface area contributed by atoms with Gasteiger partial charge < -0.3 is 5.32 Å². The smallest absolute Gasteiger partial charge is 0.231 e. The zero-order chi connectivity index (χ0) is 14.8. The van der Waals surface area contributed by atoms with Crippen molar-refractivity contribution in [1.29, 1.82) is 0 Å². The molecule has 0 spiro atoms. The fourth-order valence-corrected chi connectivity index (χ4v) is 3.30. The lowest BCUT2D eigenvalue weighted by Crippen LogP contribution is -2.24. The van der Waals surface area contributed by atoms with Crippen LogP contribution in [0.3, 0.4) is 0 Å². The predicted molar refractivity (Wildman–Crippen MR) is 86.7 cm³/mol. The van der Waals surface area contributed by atoms with Crippen LogP contribution >= 0.6 is 0 Å². The number of aryl methyl sites for hydroxylation is 3. The Morgan fingerprint density at radius 3 is 2.57 bits per heavy atom. The molecule has 0 saturated carbocycles. The van der Waals surface area contributed by atoms with E-state index in [1.54, 1.807) is 0 Å². The molecule has 1 aliphatic rings. The first kappa shape index (κ1) is 13.9. The van der Waals surface area contributed by atoms with Crippen LogP contribution in [-0.4, -0.2) is 5.91 Å². The Morgan fingerprint density at radius 1 is 1.10 bits per heavy atom. The Balaban J connectivity index is 1.83. The molecule has 1 aliphatic carbocycles. The molecule has 1 amide bonds. The molecule has 0 saturated heterocycles. The first-order chi connectivity index (χ1) is 10.1. The maximum absolute atomic E-state index is 12.6. The number of carbonyl (C=O) groups excluding carboxylic acids is 1. The van der Waals surface area contributed by atoms with Gasteiger partial charge in [-0.3, -0.25) is 4.79 Å². The molecule has 108 valence electrons. The van der Waals surface area contributed by atoms with Crippen molar-refractivity contribution >= 4 is 11.6 Å². The number of nitrogens with one attached hydrogen (secondary N) is 1. The van der Waals surface area contributed by atoms with Gasteiger partial charge in [0.1, 0.15) is 0 Å². The first-order valence-corrected chi connectivity index (χ1v) is 7.60. The lowest BCUT2D eigenvalue weighted by Gasteiger charge is -2.24. The van der Waals surface area contributed by atoms with Crippen LogP contribution in [0, 0.1) is 13.8 Å². The fraction of sp³-hybridized carbons (Fsp3) is 0.316. The average molecular weight is 279 g/mol. The number of hydrogen-bond acceptors (Lipinski definition) is 1. The van der Waals surface area contributed by atoms with Crippen LogP contribution in [-0.2, 0) is 11.2 Å². The summed E-state index contributed by atoms with van der Waals surface area (Å²) in [7, 11) is 0. The van der Waals surface area contributed by atoms with Crippen molar-refractivity contribution in [2.45, 2.75) is 39.0 Å². The topological polar surface area (TPSA) is 29.1 Å². The number of benzene rings is 2. The van der Waals surface area contributed by atoms with Crippen LogP contribution in [0.1, 0.15) is 41.0 Å². The molecule has 0 bridgehead atoms. The van der Waals surface area contributed by atoms with Crippen LogP contribution in [0.25, 0.3) is 0 Å². The second-order valence-corrected chi connectivity index (χ2v) is 6.01. The highest BCUT2D eigenvalue weighted by atomic mass is 16.1. The third kappa shape index (κ3) is 2.99. The summed E-state index contributed by atoms with van der Waals surface area (Å²) < 4.78 is 0. The SMILES string of the molecule is Cc1cc(C)cc(NC(=O)C2CCCc3ccccc32)c1. The van der Waals surface area contributed by atoms with Crippen LogP contribution < -0.4 is 5.32 Å². The van der Waals surface area contributed by atoms with E-state index in [-0.39, 0.29) is 11.8 Å². The van der Waals surface area contributed by atoms with Crippen molar-refractivity contribution in [1.82, 2.24) is 0 Å². The number of carbonyl (C=O) groups is 1. The van der Waals surface area contributed by atoms with E-state index in [2.05, 4.69) is 43.4 Å². The van der Waals surface area contributed by atoms with E-state index in [1.165, 1.54) is 22.3 Å². The quantitative estimate of drug-likeness (QED) is 0.869. The van der Waals surface area contributed by atoms with Gasteiger partial charge >= 0.3 is 0 Å². The zero-order valence-corrected chi connectivity index (χ0v) is 12.6. The molecule has 3 rings (SSSR count). The van der Waals surface area contributed by atoms with Gasteiger partial charge in [0.25, 0.3) is 0 Å². The van der Waals surface area contributed by atoms with E-state index < -0.39 is 0 Å². The molecular formula is C19H21NO. The zero-order valence-electron chi connectivity index (χ0n) is 12.6. The van der Waals surface area contributed by atoms with Gasteiger partial charge in [-0.05, 0) is 67.5 Å². The van der Waals surface area contributed by atoms with E-state index in [9.17, 15) is 4.79 Å². The van der Waals surface area contributed by atoms with Gasteiger partial charge in [0.15, 0.2) is 0 Å². The molecule has 2 aromatic carbocycles. The van der Waals surface area contributed by atoms with E-state index in [1.807, 2.05) is 18.2 Å². The number of rotatable bonds is 2. The summed E-state index contributed by atoms with van der Waals surface area (Å²) >= 11 is 0. The lowest BCUT2D eigenvalue weighted by atomic mass is 9.82. The van der Waals surface area contributed by atoms with E-state index >= 15 is 0 Å². The Bertz CT molecular complexity index is 655. The Hall–Kier alpha value is -2.09. The molecule has 1 N–H and O–H groups in total. The van der Waals surface area contributed by atoms with Gasteiger partial charge in [-0.1, -0.05) is 30.3 Å². The molecule has 1 atom stereocenters. The molecule has 21 heavy (non-hydrogen) atoms. The standard InChI is InChI=1S/C19H21NO/c1-13-10-14(2)12-16(11-13)20-19(21)18-9-5-7-15-6-3-4-8-17(15)18/h3-4,6,8,10-12,18H,5,7,9H2,1-2H3,(H,20,21). The van der Waals surface area contributed by atoms with Crippen molar-refractivity contribution in [2.24, 2.45) is 0 Å². The second kappa shape index (κ2) is 5.72. The Labute approximate surface area is 126 Å². The van der Waals surface area contributed by atoms with Crippen LogP contribution in [0.15, 0.2) is 42.5 Å². The summed E-state index contributed by atoms with van der Waals surface area (Å²) in [6, 6.07) is 14.5.